The maximum Gasteiger partial charge on any atom is 0.168 e. The Hall–Kier alpha value is -1.15. The highest BCUT2D eigenvalue weighted by molar-refractivity contribution is 5.89. The van der Waals surface area contributed by atoms with E-state index in [0.29, 0.717) is 13.0 Å². The number of Topliss-reactive ketones (excluding diaryl/α,β-unsaturated/α-hetero) is 1. The summed E-state index contributed by atoms with van der Waals surface area (Å²) in [6.07, 6.45) is 1.94. The van der Waals surface area contributed by atoms with Crippen molar-refractivity contribution in [1.82, 2.24) is 0 Å². The first-order chi connectivity index (χ1) is 8.99. The van der Waals surface area contributed by atoms with Crippen molar-refractivity contribution < 1.29 is 9.53 Å². The van der Waals surface area contributed by atoms with Gasteiger partial charge in [-0.25, -0.2) is 0 Å². The predicted molar refractivity (Wildman–Crippen MR) is 79.6 cm³/mol. The molecule has 2 heteroatoms. The lowest BCUT2D eigenvalue weighted by atomic mass is 9.87. The molecule has 1 rings (SSSR count). The second kappa shape index (κ2) is 6.85. The van der Waals surface area contributed by atoms with Crippen LogP contribution in [-0.2, 0) is 16.0 Å². The number of ketones is 1. The third kappa shape index (κ3) is 3.66. The molecule has 0 unspecified atom stereocenters. The fourth-order valence-corrected chi connectivity index (χ4v) is 2.53. The van der Waals surface area contributed by atoms with Crippen molar-refractivity contribution in [2.75, 3.05) is 6.61 Å². The average molecular weight is 262 g/mol. The molecule has 1 aromatic rings. The molecule has 0 heterocycles. The number of aryl methyl sites for hydroxylation is 2. The zero-order valence-electron chi connectivity index (χ0n) is 12.9. The van der Waals surface area contributed by atoms with Crippen LogP contribution in [0.3, 0.4) is 0 Å². The van der Waals surface area contributed by atoms with Crippen molar-refractivity contribution in [2.24, 2.45) is 0 Å². The van der Waals surface area contributed by atoms with Gasteiger partial charge in [-0.1, -0.05) is 37.6 Å². The number of benzene rings is 1. The molecule has 0 N–H and O–H groups in total. The molecule has 0 spiro atoms. The topological polar surface area (TPSA) is 26.3 Å². The molecule has 0 aliphatic rings. The zero-order chi connectivity index (χ0) is 14.5. The molecule has 0 saturated heterocycles. The van der Waals surface area contributed by atoms with Crippen LogP contribution >= 0.6 is 0 Å². The summed E-state index contributed by atoms with van der Waals surface area (Å²) in [5.74, 6) is 0.202. The van der Waals surface area contributed by atoms with Gasteiger partial charge in [-0.3, -0.25) is 4.79 Å². The summed E-state index contributed by atoms with van der Waals surface area (Å²) in [4.78, 5) is 12.6. The molecule has 0 aliphatic heterocycles. The van der Waals surface area contributed by atoms with Gasteiger partial charge in [0.25, 0.3) is 0 Å². The molecule has 0 saturated carbocycles. The van der Waals surface area contributed by atoms with Crippen LogP contribution in [0.4, 0.5) is 0 Å². The van der Waals surface area contributed by atoms with Gasteiger partial charge in [0.1, 0.15) is 5.60 Å². The first-order valence-corrected chi connectivity index (χ1v) is 7.22. The predicted octanol–water partition coefficient (Wildman–Crippen LogP) is 4.01. The summed E-state index contributed by atoms with van der Waals surface area (Å²) < 4.78 is 5.78. The van der Waals surface area contributed by atoms with Gasteiger partial charge in [-0.15, -0.1) is 0 Å². The van der Waals surface area contributed by atoms with Crippen LogP contribution in [0.15, 0.2) is 18.2 Å². The minimum atomic E-state index is -0.606. The number of carbonyl (C=O) groups is 1. The van der Waals surface area contributed by atoms with Gasteiger partial charge < -0.3 is 4.74 Å². The molecule has 0 radical (unpaired) electrons. The summed E-state index contributed by atoms with van der Waals surface area (Å²) in [5.41, 5.74) is 2.89. The van der Waals surface area contributed by atoms with Crippen LogP contribution < -0.4 is 0 Å². The lowest BCUT2D eigenvalue weighted by Crippen LogP contribution is -2.41. The maximum absolute atomic E-state index is 12.6. The van der Waals surface area contributed by atoms with Gasteiger partial charge in [0.2, 0.25) is 0 Å². The molecule has 1 aromatic carbocycles. The van der Waals surface area contributed by atoms with Crippen LogP contribution in [0, 0.1) is 13.8 Å². The molecule has 0 fully saturated rings. The number of rotatable bonds is 7. The van der Waals surface area contributed by atoms with Gasteiger partial charge in [-0.2, -0.15) is 0 Å². The highest BCUT2D eigenvalue weighted by Crippen LogP contribution is 2.25. The SMILES string of the molecule is CCOC(CC)(CC)C(=O)Cc1cc(C)ccc1C. The molecular weight excluding hydrogens is 236 g/mol. The van der Waals surface area contributed by atoms with E-state index >= 15 is 0 Å². The summed E-state index contributed by atoms with van der Waals surface area (Å²) in [6, 6.07) is 6.27. The lowest BCUT2D eigenvalue weighted by Gasteiger charge is -2.30. The lowest BCUT2D eigenvalue weighted by molar-refractivity contribution is -0.144. The van der Waals surface area contributed by atoms with E-state index in [1.807, 2.05) is 20.8 Å². The second-order valence-electron chi connectivity index (χ2n) is 5.16. The highest BCUT2D eigenvalue weighted by Gasteiger charge is 2.35. The fourth-order valence-electron chi connectivity index (χ4n) is 2.53. The van der Waals surface area contributed by atoms with Gasteiger partial charge in [0.05, 0.1) is 0 Å². The highest BCUT2D eigenvalue weighted by atomic mass is 16.5. The monoisotopic (exact) mass is 262 g/mol. The standard InChI is InChI=1S/C17H26O2/c1-6-17(7-2,19-8-3)16(18)12-15-11-13(4)9-10-14(15)5/h9-11H,6-8,12H2,1-5H3. The van der Waals surface area contributed by atoms with Crippen LogP contribution in [0.2, 0.25) is 0 Å². The molecule has 0 aromatic heterocycles. The molecular formula is C17H26O2. The van der Waals surface area contributed by atoms with Crippen LogP contribution in [0.25, 0.3) is 0 Å². The summed E-state index contributed by atoms with van der Waals surface area (Å²) in [5, 5.41) is 0. The van der Waals surface area contributed by atoms with Gasteiger partial charge in [0.15, 0.2) is 5.78 Å². The number of carbonyl (C=O) groups excluding carboxylic acids is 1. The van der Waals surface area contributed by atoms with Crippen molar-refractivity contribution in [1.29, 1.82) is 0 Å². The number of hydrogen-bond donors (Lipinski definition) is 0. The molecule has 19 heavy (non-hydrogen) atoms. The normalized spacial score (nSPS) is 11.6. The van der Waals surface area contributed by atoms with E-state index in [-0.39, 0.29) is 5.78 Å². The Morgan fingerprint density at radius 3 is 2.32 bits per heavy atom. The van der Waals surface area contributed by atoms with E-state index in [1.165, 1.54) is 11.1 Å². The quantitative estimate of drug-likeness (QED) is 0.742. The third-order valence-electron chi connectivity index (χ3n) is 3.93. The largest absolute Gasteiger partial charge is 0.368 e. The first-order valence-electron chi connectivity index (χ1n) is 7.22. The molecule has 106 valence electrons. The van der Waals surface area contributed by atoms with Crippen LogP contribution in [-0.4, -0.2) is 18.0 Å². The second-order valence-corrected chi connectivity index (χ2v) is 5.16. The van der Waals surface area contributed by atoms with E-state index in [4.69, 9.17) is 4.74 Å². The fraction of sp³-hybridized carbons (Fsp3) is 0.588. The number of hydrogen-bond acceptors (Lipinski definition) is 2. The van der Waals surface area contributed by atoms with E-state index in [1.54, 1.807) is 0 Å². The Kier molecular flexibility index (Phi) is 5.74. The van der Waals surface area contributed by atoms with Crippen molar-refractivity contribution >= 4 is 5.78 Å². The molecule has 0 bridgehead atoms. The molecule has 0 aliphatic carbocycles. The molecule has 0 amide bonds. The minimum absolute atomic E-state index is 0.202. The van der Waals surface area contributed by atoms with Crippen molar-refractivity contribution in [2.45, 2.75) is 59.5 Å². The summed E-state index contributed by atoms with van der Waals surface area (Å²) in [7, 11) is 0. The van der Waals surface area contributed by atoms with E-state index < -0.39 is 5.60 Å². The minimum Gasteiger partial charge on any atom is -0.368 e. The van der Waals surface area contributed by atoms with E-state index in [9.17, 15) is 4.79 Å². The smallest absolute Gasteiger partial charge is 0.168 e. The Morgan fingerprint density at radius 1 is 1.16 bits per heavy atom. The van der Waals surface area contributed by atoms with E-state index in [0.717, 1.165) is 18.4 Å². The van der Waals surface area contributed by atoms with Gasteiger partial charge >= 0.3 is 0 Å². The molecule has 0 atom stereocenters. The third-order valence-corrected chi connectivity index (χ3v) is 3.93. The van der Waals surface area contributed by atoms with Gasteiger partial charge in [0, 0.05) is 13.0 Å². The summed E-state index contributed by atoms with van der Waals surface area (Å²) in [6.45, 7) is 10.7. The first kappa shape index (κ1) is 15.9. The Labute approximate surface area is 117 Å². The Balaban J connectivity index is 2.96. The van der Waals surface area contributed by atoms with E-state index in [2.05, 4.69) is 32.0 Å². The average Bonchev–Trinajstić information content (AvgIpc) is 2.40. The molecule has 2 nitrogen and oxygen atoms in total. The zero-order valence-corrected chi connectivity index (χ0v) is 12.9. The van der Waals surface area contributed by atoms with Gasteiger partial charge in [-0.05, 0) is 44.7 Å². The maximum atomic E-state index is 12.6. The Bertz CT molecular complexity index is 431. The van der Waals surface area contributed by atoms with Crippen LogP contribution in [0.5, 0.6) is 0 Å². The van der Waals surface area contributed by atoms with Crippen LogP contribution in [0.1, 0.15) is 50.3 Å². The summed E-state index contributed by atoms with van der Waals surface area (Å²) >= 11 is 0. The van der Waals surface area contributed by atoms with Crippen molar-refractivity contribution in [3.8, 4) is 0 Å². The number of ether oxygens (including phenoxy) is 1. The van der Waals surface area contributed by atoms with Crippen molar-refractivity contribution in [3.63, 3.8) is 0 Å². The Morgan fingerprint density at radius 2 is 1.79 bits per heavy atom. The van der Waals surface area contributed by atoms with Crippen molar-refractivity contribution in [3.05, 3.63) is 34.9 Å².